The summed E-state index contributed by atoms with van der Waals surface area (Å²) in [7, 11) is 0. The van der Waals surface area contributed by atoms with Crippen LogP contribution in [-0.2, 0) is 13.0 Å². The van der Waals surface area contributed by atoms with Crippen LogP contribution in [0.5, 0.6) is 0 Å². The smallest absolute Gasteiger partial charge is 0.354 e. The molecule has 10 heteroatoms. The molecule has 2 aromatic carbocycles. The Morgan fingerprint density at radius 2 is 1.73 bits per heavy atom. The van der Waals surface area contributed by atoms with E-state index in [4.69, 9.17) is 0 Å². The summed E-state index contributed by atoms with van der Waals surface area (Å²) in [6.45, 7) is 4.28. The third-order valence-corrected chi connectivity index (χ3v) is 7.71. The molecule has 4 aromatic rings. The second kappa shape index (κ2) is 11.8. The first-order valence-electron chi connectivity index (χ1n) is 13.9. The second-order valence-electron chi connectivity index (χ2n) is 10.9. The molecule has 1 aliphatic rings. The molecule has 0 amide bonds. The Hall–Kier alpha value is -4.34. The number of nitrogens with zero attached hydrogens (tertiary/aromatic N) is 5. The van der Waals surface area contributed by atoms with Crippen molar-refractivity contribution in [2.75, 3.05) is 0 Å². The Labute approximate surface area is 232 Å². The topological polar surface area (TPSA) is 136 Å². The van der Waals surface area contributed by atoms with Gasteiger partial charge < -0.3 is 5.11 Å². The molecule has 2 heterocycles. The normalized spacial score (nSPS) is 14.1. The number of H-pyrrole nitrogens is 1. The van der Waals surface area contributed by atoms with Crippen molar-refractivity contribution in [3.8, 4) is 22.5 Å². The first-order chi connectivity index (χ1) is 19.3. The highest BCUT2D eigenvalue weighted by Crippen LogP contribution is 2.30. The number of imidazole rings is 1. The van der Waals surface area contributed by atoms with Crippen molar-refractivity contribution in [3.63, 3.8) is 0 Å². The molecule has 208 valence electrons. The first-order valence-corrected chi connectivity index (χ1v) is 13.9. The number of benzene rings is 2. The average molecular weight is 543 g/mol. The third-order valence-electron chi connectivity index (χ3n) is 7.71. The number of tetrazole rings is 1. The van der Waals surface area contributed by atoms with E-state index in [-0.39, 0.29) is 24.1 Å². The van der Waals surface area contributed by atoms with Crippen molar-refractivity contribution in [1.29, 1.82) is 0 Å². The van der Waals surface area contributed by atoms with E-state index >= 15 is 0 Å². The molecule has 1 aliphatic carbocycles. The molecule has 1 fully saturated rings. The van der Waals surface area contributed by atoms with Crippen LogP contribution in [0.25, 0.3) is 22.5 Å². The zero-order chi connectivity index (χ0) is 28.2. The van der Waals surface area contributed by atoms with Gasteiger partial charge in [0.15, 0.2) is 11.5 Å². The monoisotopic (exact) mass is 542 g/mol. The minimum absolute atomic E-state index is 0.172. The number of rotatable bonds is 9. The van der Waals surface area contributed by atoms with Crippen LogP contribution in [0.15, 0.2) is 53.3 Å². The first kappa shape index (κ1) is 27.2. The van der Waals surface area contributed by atoms with E-state index in [9.17, 15) is 19.5 Å². The van der Waals surface area contributed by atoms with Crippen LogP contribution < -0.4 is 5.69 Å². The Bertz CT molecular complexity index is 1540. The summed E-state index contributed by atoms with van der Waals surface area (Å²) in [5.74, 6) is -1.09. The van der Waals surface area contributed by atoms with Crippen molar-refractivity contribution >= 4 is 11.9 Å². The molecule has 1 saturated carbocycles. The molecule has 2 aromatic heterocycles. The lowest BCUT2D eigenvalue weighted by atomic mass is 9.88. The lowest BCUT2D eigenvalue weighted by molar-refractivity contribution is 0.0657. The van der Waals surface area contributed by atoms with Crippen LogP contribution in [0.3, 0.4) is 0 Å². The molecule has 2 N–H and O–H groups in total. The van der Waals surface area contributed by atoms with E-state index in [1.807, 2.05) is 48.5 Å². The van der Waals surface area contributed by atoms with Crippen LogP contribution in [0.2, 0.25) is 0 Å². The van der Waals surface area contributed by atoms with Gasteiger partial charge in [0.1, 0.15) is 0 Å². The van der Waals surface area contributed by atoms with Gasteiger partial charge in [-0.1, -0.05) is 81.6 Å². The summed E-state index contributed by atoms with van der Waals surface area (Å²) >= 11 is 0. The van der Waals surface area contributed by atoms with Gasteiger partial charge >= 0.3 is 11.7 Å². The summed E-state index contributed by atoms with van der Waals surface area (Å²) in [4.78, 5) is 39.7. The molecular formula is C30H34N6O4. The van der Waals surface area contributed by atoms with Crippen LogP contribution >= 0.6 is 0 Å². The van der Waals surface area contributed by atoms with Gasteiger partial charge in [-0.3, -0.25) is 9.36 Å². The minimum atomic E-state index is -1.24. The minimum Gasteiger partial charge on any atom is -0.477 e. The summed E-state index contributed by atoms with van der Waals surface area (Å²) < 4.78 is 2.43. The molecule has 0 aliphatic heterocycles. The maximum absolute atomic E-state index is 13.7. The SMILES string of the molecule is CC(C)CCc1c(C(=O)O)n(C(=O)C2CCCCC2)c(=O)n1Cc1ccc(-c2ccccc2-c2nnn[nH]2)cc1. The molecule has 10 nitrogen and oxygen atoms in total. The van der Waals surface area contributed by atoms with Gasteiger partial charge in [0, 0.05) is 11.5 Å². The lowest BCUT2D eigenvalue weighted by Gasteiger charge is -2.20. The number of aromatic carboxylic acids is 1. The highest BCUT2D eigenvalue weighted by Gasteiger charge is 2.32. The lowest BCUT2D eigenvalue weighted by Crippen LogP contribution is -2.35. The number of carbonyl (C=O) groups excluding carboxylic acids is 1. The van der Waals surface area contributed by atoms with Crippen LogP contribution in [0.4, 0.5) is 0 Å². The average Bonchev–Trinajstić information content (AvgIpc) is 3.59. The van der Waals surface area contributed by atoms with Crippen LogP contribution in [0, 0.1) is 11.8 Å². The maximum Gasteiger partial charge on any atom is 0.354 e. The Kier molecular flexibility index (Phi) is 8.04. The number of carboxylic acids is 1. The van der Waals surface area contributed by atoms with E-state index in [0.29, 0.717) is 43.1 Å². The van der Waals surface area contributed by atoms with Gasteiger partial charge in [0.2, 0.25) is 5.91 Å². The predicted molar refractivity (Wildman–Crippen MR) is 150 cm³/mol. The van der Waals surface area contributed by atoms with Gasteiger partial charge in [-0.2, -0.15) is 0 Å². The Morgan fingerprint density at radius 3 is 2.35 bits per heavy atom. The van der Waals surface area contributed by atoms with Crippen molar-refractivity contribution in [1.82, 2.24) is 29.8 Å². The molecule has 0 radical (unpaired) electrons. The molecule has 40 heavy (non-hydrogen) atoms. The summed E-state index contributed by atoms with van der Waals surface area (Å²) in [6.07, 6.45) is 5.35. The van der Waals surface area contributed by atoms with E-state index in [1.54, 1.807) is 0 Å². The van der Waals surface area contributed by atoms with E-state index in [2.05, 4.69) is 34.5 Å². The number of hydrogen-bond acceptors (Lipinski definition) is 6. The fraction of sp³-hybridized carbons (Fsp3) is 0.400. The van der Waals surface area contributed by atoms with Gasteiger partial charge in [-0.05, 0) is 58.7 Å². The number of carboxylic acid groups (broad SMARTS) is 1. The van der Waals surface area contributed by atoms with Crippen molar-refractivity contribution in [3.05, 3.63) is 76.0 Å². The standard InChI is InChI=1S/C30H34N6O4/c1-19(2)12-17-25-26(29(38)39)36(28(37)22-8-4-3-5-9-22)30(40)35(25)18-20-13-15-21(16-14-20)23-10-6-7-11-24(23)27-31-33-34-32-27/h6-7,10-11,13-16,19,22H,3-5,8-9,12,17-18H2,1-2H3,(H,38,39)(H,31,32,33,34). The molecule has 0 atom stereocenters. The number of aromatic nitrogens is 6. The van der Waals surface area contributed by atoms with Crippen molar-refractivity contribution in [2.24, 2.45) is 11.8 Å². The molecule has 0 spiro atoms. The largest absolute Gasteiger partial charge is 0.477 e. The van der Waals surface area contributed by atoms with E-state index in [1.165, 1.54) is 4.57 Å². The van der Waals surface area contributed by atoms with Crippen molar-refractivity contribution < 1.29 is 14.7 Å². The zero-order valence-corrected chi connectivity index (χ0v) is 22.8. The quantitative estimate of drug-likeness (QED) is 0.302. The molecule has 0 bridgehead atoms. The van der Waals surface area contributed by atoms with Gasteiger partial charge in [-0.15, -0.1) is 5.10 Å². The van der Waals surface area contributed by atoms with Gasteiger partial charge in [0.25, 0.3) is 0 Å². The Morgan fingerprint density at radius 1 is 1.02 bits per heavy atom. The molecule has 0 saturated heterocycles. The van der Waals surface area contributed by atoms with Crippen molar-refractivity contribution in [2.45, 2.75) is 65.3 Å². The Balaban J connectivity index is 1.52. The fourth-order valence-corrected chi connectivity index (χ4v) is 5.57. The van der Waals surface area contributed by atoms with Crippen LogP contribution in [0.1, 0.15) is 78.9 Å². The number of carbonyl (C=O) groups is 2. The number of aromatic amines is 1. The predicted octanol–water partition coefficient (Wildman–Crippen LogP) is 5.05. The van der Waals surface area contributed by atoms with Gasteiger partial charge in [0.05, 0.1) is 12.2 Å². The molecule has 0 unspecified atom stereocenters. The summed E-state index contributed by atoms with van der Waals surface area (Å²) in [5.41, 5.74) is 3.22. The second-order valence-corrected chi connectivity index (χ2v) is 10.9. The fourth-order valence-electron chi connectivity index (χ4n) is 5.57. The number of nitrogens with one attached hydrogen (secondary N) is 1. The zero-order valence-electron chi connectivity index (χ0n) is 22.8. The highest BCUT2D eigenvalue weighted by atomic mass is 16.4. The van der Waals surface area contributed by atoms with E-state index in [0.717, 1.165) is 46.1 Å². The summed E-state index contributed by atoms with van der Waals surface area (Å²) in [6, 6.07) is 15.5. The van der Waals surface area contributed by atoms with Crippen LogP contribution in [-0.4, -0.2) is 46.7 Å². The number of hydrogen-bond donors (Lipinski definition) is 2. The van der Waals surface area contributed by atoms with E-state index < -0.39 is 11.7 Å². The van der Waals surface area contributed by atoms with Gasteiger partial charge in [-0.25, -0.2) is 19.3 Å². The maximum atomic E-state index is 13.7. The molecule has 5 rings (SSSR count). The highest BCUT2D eigenvalue weighted by molar-refractivity contribution is 5.94. The summed E-state index contributed by atoms with van der Waals surface area (Å²) in [5, 5.41) is 24.4. The molecular weight excluding hydrogens is 508 g/mol. The third kappa shape index (κ3) is 5.52.